The molecule has 1 atom stereocenters. The van der Waals surface area contributed by atoms with Crippen LogP contribution in [0.25, 0.3) is 0 Å². The minimum atomic E-state index is -1.82. The Kier molecular flexibility index (Phi) is 5.70. The van der Waals surface area contributed by atoms with E-state index in [4.69, 9.17) is 24.5 Å². The number of rotatable bonds is 2. The summed E-state index contributed by atoms with van der Waals surface area (Å²) in [5.74, 6) is -3.65. The van der Waals surface area contributed by atoms with Gasteiger partial charge in [-0.3, -0.25) is 4.90 Å². The number of benzene rings is 1. The van der Waals surface area contributed by atoms with Crippen LogP contribution in [-0.4, -0.2) is 64.9 Å². The predicted octanol–water partition coefficient (Wildman–Crippen LogP) is 0.405. The first kappa shape index (κ1) is 17.4. The molecule has 0 amide bonds. The molecule has 3 rings (SSSR count). The lowest BCUT2D eigenvalue weighted by molar-refractivity contribution is -0.165. The molecule has 2 aliphatic rings. The number of nitrogens with one attached hydrogen (secondary N) is 1. The SMILES string of the molecule is C[C@H]1CNCC2(COC2)N1Cc1ccccc1.O=C(O)C(=O)O. The molecule has 7 heteroatoms. The van der Waals surface area contributed by atoms with Crippen LogP contribution in [-0.2, 0) is 20.9 Å². The number of hydrogen-bond acceptors (Lipinski definition) is 5. The highest BCUT2D eigenvalue weighted by atomic mass is 16.5. The Balaban J connectivity index is 0.000000277. The summed E-state index contributed by atoms with van der Waals surface area (Å²) >= 11 is 0. The van der Waals surface area contributed by atoms with E-state index >= 15 is 0 Å². The third kappa shape index (κ3) is 4.28. The van der Waals surface area contributed by atoms with Crippen LogP contribution in [0, 0.1) is 0 Å². The lowest BCUT2D eigenvalue weighted by atomic mass is 9.89. The van der Waals surface area contributed by atoms with Crippen LogP contribution >= 0.6 is 0 Å². The first-order valence-electron chi connectivity index (χ1n) is 7.50. The number of ether oxygens (including phenoxy) is 1. The van der Waals surface area contributed by atoms with Crippen LogP contribution in [0.15, 0.2) is 30.3 Å². The standard InChI is InChI=1S/C14H20N2O.C2H2O4/c1-12-7-15-9-14(10-17-11-14)16(12)8-13-5-3-2-4-6-13;3-1(4)2(5)6/h2-6,12,15H,7-11H2,1H3;(H,3,4)(H,5,6)/t12-;/m0./s1. The fourth-order valence-electron chi connectivity index (χ4n) is 2.90. The van der Waals surface area contributed by atoms with Crippen molar-refractivity contribution in [2.75, 3.05) is 26.3 Å². The predicted molar refractivity (Wildman–Crippen MR) is 83.1 cm³/mol. The van der Waals surface area contributed by atoms with Gasteiger partial charge in [0.05, 0.1) is 18.8 Å². The van der Waals surface area contributed by atoms with E-state index in [0.29, 0.717) is 6.04 Å². The normalized spacial score (nSPS) is 22.6. The molecule has 2 aliphatic heterocycles. The van der Waals surface area contributed by atoms with E-state index in [0.717, 1.165) is 32.8 Å². The zero-order valence-corrected chi connectivity index (χ0v) is 13.1. The summed E-state index contributed by atoms with van der Waals surface area (Å²) < 4.78 is 5.45. The molecule has 3 N–H and O–H groups in total. The molecule has 1 spiro atoms. The van der Waals surface area contributed by atoms with E-state index in [9.17, 15) is 0 Å². The van der Waals surface area contributed by atoms with Crippen molar-refractivity contribution < 1.29 is 24.5 Å². The van der Waals surface area contributed by atoms with Crippen molar-refractivity contribution in [1.82, 2.24) is 10.2 Å². The van der Waals surface area contributed by atoms with E-state index in [1.54, 1.807) is 0 Å². The van der Waals surface area contributed by atoms with Crippen LogP contribution in [0.1, 0.15) is 12.5 Å². The maximum atomic E-state index is 9.10. The van der Waals surface area contributed by atoms with Crippen LogP contribution in [0.5, 0.6) is 0 Å². The van der Waals surface area contributed by atoms with Gasteiger partial charge in [-0.1, -0.05) is 30.3 Å². The van der Waals surface area contributed by atoms with Gasteiger partial charge < -0.3 is 20.3 Å². The highest BCUT2D eigenvalue weighted by Gasteiger charge is 2.47. The van der Waals surface area contributed by atoms with Gasteiger partial charge in [0, 0.05) is 25.7 Å². The lowest BCUT2D eigenvalue weighted by Gasteiger charge is -2.55. The molecule has 0 unspecified atom stereocenters. The van der Waals surface area contributed by atoms with Gasteiger partial charge in [-0.2, -0.15) is 0 Å². The topological polar surface area (TPSA) is 99.1 Å². The maximum absolute atomic E-state index is 9.10. The average Bonchev–Trinajstić information content (AvgIpc) is 2.49. The van der Waals surface area contributed by atoms with Crippen LogP contribution in [0.3, 0.4) is 0 Å². The van der Waals surface area contributed by atoms with Gasteiger partial charge in [0.25, 0.3) is 0 Å². The van der Waals surface area contributed by atoms with Crippen molar-refractivity contribution in [3.63, 3.8) is 0 Å². The number of carboxylic acid groups (broad SMARTS) is 2. The number of hydrogen-bond donors (Lipinski definition) is 3. The second-order valence-corrected chi connectivity index (χ2v) is 5.92. The lowest BCUT2D eigenvalue weighted by Crippen LogP contribution is -2.72. The smallest absolute Gasteiger partial charge is 0.414 e. The summed E-state index contributed by atoms with van der Waals surface area (Å²) in [6.45, 7) is 7.22. The molecule has 23 heavy (non-hydrogen) atoms. The number of carbonyl (C=O) groups is 2. The molecule has 0 bridgehead atoms. The Hall–Kier alpha value is -1.96. The molecule has 0 aromatic heterocycles. The molecule has 2 saturated heterocycles. The Morgan fingerprint density at radius 2 is 1.87 bits per heavy atom. The molecular formula is C16H22N2O5. The second-order valence-electron chi connectivity index (χ2n) is 5.92. The summed E-state index contributed by atoms with van der Waals surface area (Å²) in [6, 6.07) is 11.3. The third-order valence-corrected chi connectivity index (χ3v) is 4.16. The Labute approximate surface area is 134 Å². The molecule has 1 aromatic rings. The first-order valence-corrected chi connectivity index (χ1v) is 7.50. The zero-order valence-electron chi connectivity index (χ0n) is 13.1. The summed E-state index contributed by atoms with van der Waals surface area (Å²) in [4.78, 5) is 20.8. The minimum Gasteiger partial charge on any atom is -0.473 e. The molecular weight excluding hydrogens is 300 g/mol. The summed E-state index contributed by atoms with van der Waals surface area (Å²) in [6.07, 6.45) is 0. The number of piperazine rings is 1. The number of carboxylic acids is 2. The minimum absolute atomic E-state index is 0.244. The monoisotopic (exact) mass is 322 g/mol. The van der Waals surface area contributed by atoms with E-state index < -0.39 is 11.9 Å². The van der Waals surface area contributed by atoms with Crippen molar-refractivity contribution >= 4 is 11.9 Å². The molecule has 126 valence electrons. The van der Waals surface area contributed by atoms with Gasteiger partial charge >= 0.3 is 11.9 Å². The average molecular weight is 322 g/mol. The van der Waals surface area contributed by atoms with Crippen molar-refractivity contribution in [1.29, 1.82) is 0 Å². The fraction of sp³-hybridized carbons (Fsp3) is 0.500. The molecule has 1 aromatic carbocycles. The summed E-state index contributed by atoms with van der Waals surface area (Å²) in [5.41, 5.74) is 1.64. The van der Waals surface area contributed by atoms with Crippen molar-refractivity contribution in [3.8, 4) is 0 Å². The van der Waals surface area contributed by atoms with E-state index in [1.165, 1.54) is 5.56 Å². The molecule has 0 saturated carbocycles. The number of nitrogens with zero attached hydrogens (tertiary/aromatic N) is 1. The highest BCUT2D eigenvalue weighted by molar-refractivity contribution is 6.27. The fourth-order valence-corrected chi connectivity index (χ4v) is 2.90. The van der Waals surface area contributed by atoms with E-state index in [2.05, 4.69) is 47.5 Å². The largest absolute Gasteiger partial charge is 0.473 e. The molecule has 2 fully saturated rings. The van der Waals surface area contributed by atoms with Gasteiger partial charge in [-0.15, -0.1) is 0 Å². The van der Waals surface area contributed by atoms with Gasteiger partial charge in [-0.05, 0) is 12.5 Å². The zero-order chi connectivity index (χ0) is 16.9. The van der Waals surface area contributed by atoms with Gasteiger partial charge in [0.15, 0.2) is 0 Å². The van der Waals surface area contributed by atoms with Crippen LogP contribution < -0.4 is 5.32 Å². The van der Waals surface area contributed by atoms with E-state index in [1.807, 2.05) is 0 Å². The maximum Gasteiger partial charge on any atom is 0.414 e. The summed E-state index contributed by atoms with van der Waals surface area (Å²) in [7, 11) is 0. The molecule has 7 nitrogen and oxygen atoms in total. The second kappa shape index (κ2) is 7.54. The Morgan fingerprint density at radius 1 is 1.26 bits per heavy atom. The third-order valence-electron chi connectivity index (χ3n) is 4.16. The molecule has 0 aliphatic carbocycles. The van der Waals surface area contributed by atoms with Gasteiger partial charge in [-0.25, -0.2) is 9.59 Å². The Bertz CT molecular complexity index is 533. The van der Waals surface area contributed by atoms with Crippen molar-refractivity contribution in [2.24, 2.45) is 0 Å². The first-order chi connectivity index (χ1) is 10.9. The van der Waals surface area contributed by atoms with Crippen LogP contribution in [0.4, 0.5) is 0 Å². The van der Waals surface area contributed by atoms with Gasteiger partial charge in [0.1, 0.15) is 0 Å². The quantitative estimate of drug-likeness (QED) is 0.678. The van der Waals surface area contributed by atoms with Crippen molar-refractivity contribution in [3.05, 3.63) is 35.9 Å². The summed E-state index contributed by atoms with van der Waals surface area (Å²) in [5, 5.41) is 18.3. The van der Waals surface area contributed by atoms with E-state index in [-0.39, 0.29) is 5.54 Å². The molecule has 2 heterocycles. The van der Waals surface area contributed by atoms with Gasteiger partial charge in [0.2, 0.25) is 0 Å². The Morgan fingerprint density at radius 3 is 2.35 bits per heavy atom. The number of aliphatic carboxylic acids is 2. The highest BCUT2D eigenvalue weighted by Crippen LogP contribution is 2.30. The van der Waals surface area contributed by atoms with Crippen molar-refractivity contribution in [2.45, 2.75) is 25.0 Å². The molecule has 0 radical (unpaired) electrons. The van der Waals surface area contributed by atoms with Crippen LogP contribution in [0.2, 0.25) is 0 Å².